The zero-order valence-electron chi connectivity index (χ0n) is 8.38. The number of nitrogen functional groups attached to an aromatic ring is 1. The van der Waals surface area contributed by atoms with Gasteiger partial charge in [-0.15, -0.1) is 0 Å². The molecule has 1 heterocycles. The Kier molecular flexibility index (Phi) is 3.80. The molecule has 0 aliphatic heterocycles. The SMILES string of the molecule is NC(=O)CCNS(=O)(=O)c1ccnc(N)c1. The molecule has 1 amide bonds. The maximum absolute atomic E-state index is 11.6. The summed E-state index contributed by atoms with van der Waals surface area (Å²) in [7, 11) is -3.66. The standard InChI is InChI=1S/C8H12N4O3S/c9-7-5-6(1-3-11-7)16(14,15)12-4-2-8(10)13/h1,3,5,12H,2,4H2,(H2,9,11)(H2,10,13). The number of primary amides is 1. The van der Waals surface area contributed by atoms with E-state index >= 15 is 0 Å². The molecule has 16 heavy (non-hydrogen) atoms. The van der Waals surface area contributed by atoms with E-state index in [0.717, 1.165) is 0 Å². The Morgan fingerprint density at radius 3 is 2.75 bits per heavy atom. The second-order valence-electron chi connectivity index (χ2n) is 3.03. The topological polar surface area (TPSA) is 128 Å². The number of hydrogen-bond donors (Lipinski definition) is 3. The number of carbonyl (C=O) groups is 1. The maximum Gasteiger partial charge on any atom is 0.240 e. The Labute approximate surface area is 92.9 Å². The predicted octanol–water partition coefficient (Wildman–Crippen LogP) is -1.18. The number of nitrogens with zero attached hydrogens (tertiary/aromatic N) is 1. The third-order valence-electron chi connectivity index (χ3n) is 1.73. The number of aromatic nitrogens is 1. The predicted molar refractivity (Wildman–Crippen MR) is 57.6 cm³/mol. The van der Waals surface area contributed by atoms with Crippen molar-refractivity contribution in [3.05, 3.63) is 18.3 Å². The second-order valence-corrected chi connectivity index (χ2v) is 4.80. The van der Waals surface area contributed by atoms with E-state index in [1.54, 1.807) is 0 Å². The first kappa shape index (κ1) is 12.4. The zero-order valence-corrected chi connectivity index (χ0v) is 9.20. The van der Waals surface area contributed by atoms with Gasteiger partial charge in [0.2, 0.25) is 15.9 Å². The minimum Gasteiger partial charge on any atom is -0.384 e. The van der Waals surface area contributed by atoms with Crippen LogP contribution in [0.1, 0.15) is 6.42 Å². The molecular weight excluding hydrogens is 232 g/mol. The van der Waals surface area contributed by atoms with Crippen molar-refractivity contribution < 1.29 is 13.2 Å². The molecule has 0 unspecified atom stereocenters. The highest BCUT2D eigenvalue weighted by atomic mass is 32.2. The summed E-state index contributed by atoms with van der Waals surface area (Å²) >= 11 is 0. The van der Waals surface area contributed by atoms with Crippen LogP contribution in [0.25, 0.3) is 0 Å². The number of amides is 1. The van der Waals surface area contributed by atoms with Crippen LogP contribution in [0.15, 0.2) is 23.2 Å². The van der Waals surface area contributed by atoms with E-state index in [0.29, 0.717) is 0 Å². The summed E-state index contributed by atoms with van der Waals surface area (Å²) in [5.41, 5.74) is 10.2. The number of carbonyl (C=O) groups excluding carboxylic acids is 1. The molecule has 1 rings (SSSR count). The first-order chi connectivity index (χ1) is 7.42. The molecule has 0 bridgehead atoms. The number of anilines is 1. The van der Waals surface area contributed by atoms with Crippen LogP contribution in [0.4, 0.5) is 5.82 Å². The molecule has 0 saturated heterocycles. The Morgan fingerprint density at radius 2 is 2.19 bits per heavy atom. The van der Waals surface area contributed by atoms with E-state index in [-0.39, 0.29) is 23.7 Å². The summed E-state index contributed by atoms with van der Waals surface area (Å²) in [4.78, 5) is 14.1. The second kappa shape index (κ2) is 4.90. The molecule has 5 N–H and O–H groups in total. The number of sulfonamides is 1. The molecule has 0 fully saturated rings. The summed E-state index contributed by atoms with van der Waals surface area (Å²) in [6, 6.07) is 2.54. The van der Waals surface area contributed by atoms with Crippen molar-refractivity contribution in [2.45, 2.75) is 11.3 Å². The normalized spacial score (nSPS) is 11.2. The minimum absolute atomic E-state index is 0.00414. The van der Waals surface area contributed by atoms with Crippen LogP contribution in [0, 0.1) is 0 Å². The fraction of sp³-hybridized carbons (Fsp3) is 0.250. The van der Waals surface area contributed by atoms with Gasteiger partial charge in [-0.25, -0.2) is 18.1 Å². The lowest BCUT2D eigenvalue weighted by molar-refractivity contribution is -0.117. The molecule has 88 valence electrons. The minimum atomic E-state index is -3.66. The van der Waals surface area contributed by atoms with E-state index in [9.17, 15) is 13.2 Å². The van der Waals surface area contributed by atoms with Gasteiger partial charge in [-0.3, -0.25) is 4.79 Å². The maximum atomic E-state index is 11.6. The average Bonchev–Trinajstić information content (AvgIpc) is 2.16. The van der Waals surface area contributed by atoms with Crippen LogP contribution in [0.3, 0.4) is 0 Å². The molecule has 0 saturated carbocycles. The largest absolute Gasteiger partial charge is 0.384 e. The molecule has 0 radical (unpaired) electrons. The Hall–Kier alpha value is -1.67. The van der Waals surface area contributed by atoms with Crippen molar-refractivity contribution >= 4 is 21.7 Å². The van der Waals surface area contributed by atoms with Crippen LogP contribution >= 0.6 is 0 Å². The fourth-order valence-corrected chi connectivity index (χ4v) is 2.04. The first-order valence-electron chi connectivity index (χ1n) is 4.41. The lowest BCUT2D eigenvalue weighted by Gasteiger charge is -2.05. The molecule has 1 aromatic rings. The Bertz CT molecular complexity index is 486. The summed E-state index contributed by atoms with van der Waals surface area (Å²) in [6.07, 6.45) is 1.23. The van der Waals surface area contributed by atoms with Gasteiger partial charge in [-0.1, -0.05) is 0 Å². The van der Waals surface area contributed by atoms with Crippen molar-refractivity contribution in [3.63, 3.8) is 0 Å². The number of hydrogen-bond acceptors (Lipinski definition) is 5. The van der Waals surface area contributed by atoms with Crippen molar-refractivity contribution in [2.24, 2.45) is 5.73 Å². The number of nitrogens with one attached hydrogen (secondary N) is 1. The number of nitrogens with two attached hydrogens (primary N) is 2. The summed E-state index contributed by atoms with van der Waals surface area (Å²) in [5, 5.41) is 0. The van der Waals surface area contributed by atoms with Gasteiger partial charge >= 0.3 is 0 Å². The summed E-state index contributed by atoms with van der Waals surface area (Å²) < 4.78 is 25.5. The van der Waals surface area contributed by atoms with Gasteiger partial charge in [0.15, 0.2) is 0 Å². The lowest BCUT2D eigenvalue weighted by atomic mass is 10.4. The molecule has 0 aliphatic rings. The van der Waals surface area contributed by atoms with Crippen molar-refractivity contribution in [1.29, 1.82) is 0 Å². The van der Waals surface area contributed by atoms with Crippen LogP contribution in [0.5, 0.6) is 0 Å². The van der Waals surface area contributed by atoms with Crippen molar-refractivity contribution in [3.8, 4) is 0 Å². The van der Waals surface area contributed by atoms with E-state index in [4.69, 9.17) is 11.5 Å². The molecule has 0 spiro atoms. The van der Waals surface area contributed by atoms with Crippen LogP contribution in [-0.2, 0) is 14.8 Å². The van der Waals surface area contributed by atoms with Gasteiger partial charge in [-0.05, 0) is 6.07 Å². The van der Waals surface area contributed by atoms with Crippen LogP contribution in [-0.4, -0.2) is 25.9 Å². The first-order valence-corrected chi connectivity index (χ1v) is 5.89. The number of pyridine rings is 1. The Morgan fingerprint density at radius 1 is 1.50 bits per heavy atom. The van der Waals surface area contributed by atoms with Gasteiger partial charge in [0.1, 0.15) is 5.82 Å². The van der Waals surface area contributed by atoms with E-state index < -0.39 is 15.9 Å². The molecule has 8 heteroatoms. The fourth-order valence-electron chi connectivity index (χ4n) is 0.987. The van der Waals surface area contributed by atoms with Crippen LogP contribution in [0.2, 0.25) is 0 Å². The van der Waals surface area contributed by atoms with E-state index in [1.165, 1.54) is 18.3 Å². The third kappa shape index (κ3) is 3.48. The van der Waals surface area contributed by atoms with Gasteiger partial charge in [0.05, 0.1) is 4.90 Å². The molecule has 0 aliphatic carbocycles. The zero-order chi connectivity index (χ0) is 12.2. The molecular formula is C8H12N4O3S. The summed E-state index contributed by atoms with van der Waals surface area (Å²) in [5.74, 6) is -0.463. The molecule has 0 aromatic carbocycles. The molecule has 0 atom stereocenters. The highest BCUT2D eigenvalue weighted by molar-refractivity contribution is 7.89. The lowest BCUT2D eigenvalue weighted by Crippen LogP contribution is -2.28. The van der Waals surface area contributed by atoms with Gasteiger partial charge < -0.3 is 11.5 Å². The van der Waals surface area contributed by atoms with E-state index in [1.807, 2.05) is 0 Å². The van der Waals surface area contributed by atoms with Crippen molar-refractivity contribution in [1.82, 2.24) is 9.71 Å². The highest BCUT2D eigenvalue weighted by Gasteiger charge is 2.13. The Balaban J connectivity index is 2.74. The average molecular weight is 244 g/mol. The van der Waals surface area contributed by atoms with E-state index in [2.05, 4.69) is 9.71 Å². The van der Waals surface area contributed by atoms with Crippen molar-refractivity contribution in [2.75, 3.05) is 12.3 Å². The van der Waals surface area contributed by atoms with Gasteiger partial charge in [-0.2, -0.15) is 0 Å². The smallest absolute Gasteiger partial charge is 0.240 e. The number of rotatable bonds is 5. The summed E-state index contributed by atoms with van der Waals surface area (Å²) in [6.45, 7) is -0.0418. The quantitative estimate of drug-likeness (QED) is 0.600. The molecule has 1 aromatic heterocycles. The molecule has 7 nitrogen and oxygen atoms in total. The highest BCUT2D eigenvalue weighted by Crippen LogP contribution is 2.09. The third-order valence-corrected chi connectivity index (χ3v) is 3.19. The van der Waals surface area contributed by atoms with Gasteiger partial charge in [0.25, 0.3) is 0 Å². The van der Waals surface area contributed by atoms with Gasteiger partial charge in [0, 0.05) is 25.2 Å². The van der Waals surface area contributed by atoms with Crippen LogP contribution < -0.4 is 16.2 Å². The monoisotopic (exact) mass is 244 g/mol.